The van der Waals surface area contributed by atoms with Crippen molar-refractivity contribution < 1.29 is 28.2 Å². The molecule has 0 amide bonds. The van der Waals surface area contributed by atoms with Crippen molar-refractivity contribution in [1.29, 1.82) is 0 Å². The number of hydrogen-bond acceptors (Lipinski definition) is 9. The predicted molar refractivity (Wildman–Crippen MR) is 233 cm³/mol. The fraction of sp³-hybridized carbons (Fsp3) is 0.0682. The largest absolute Gasteiger partial charge is 0.506 e. The van der Waals surface area contributed by atoms with Crippen LogP contribution in [0.5, 0.6) is 11.5 Å². The number of rotatable bonds is 5. The summed E-state index contributed by atoms with van der Waals surface area (Å²) in [6, 6.07) is 31.3. The number of benzene rings is 4. The fourth-order valence-electron chi connectivity index (χ4n) is 5.54. The maximum absolute atomic E-state index is 12.1. The van der Waals surface area contributed by atoms with Gasteiger partial charge in [-0.3, -0.25) is 14.8 Å². The fourth-order valence-corrected chi connectivity index (χ4v) is 6.25. The van der Waals surface area contributed by atoms with Gasteiger partial charge in [0.15, 0.2) is 6.29 Å². The molecule has 0 spiro atoms. The third-order valence-corrected chi connectivity index (χ3v) is 9.53. The second kappa shape index (κ2) is 20.7. The second-order valence-corrected chi connectivity index (χ2v) is 14.3. The minimum Gasteiger partial charge on any atom is -0.506 e. The Morgan fingerprint density at radius 1 is 0.667 bits per heavy atom. The van der Waals surface area contributed by atoms with Gasteiger partial charge in [-0.15, -0.1) is 0 Å². The summed E-state index contributed by atoms with van der Waals surface area (Å²) in [5.41, 5.74) is 7.97. The average molecular weight is 893 g/mol. The van der Waals surface area contributed by atoms with Gasteiger partial charge in [-0.1, -0.05) is 100 Å². The van der Waals surface area contributed by atoms with E-state index >= 15 is 0 Å². The number of nitrogens with zero attached hydrogens (tertiary/aromatic N) is 4. The molecule has 60 heavy (non-hydrogen) atoms. The number of nitrogens with one attached hydrogen (secondary N) is 1. The Bertz CT molecular complexity index is 2720. The van der Waals surface area contributed by atoms with E-state index in [9.17, 15) is 28.2 Å². The lowest BCUT2D eigenvalue weighted by Crippen LogP contribution is -2.14. The van der Waals surface area contributed by atoms with Gasteiger partial charge in [-0.2, -0.15) is 13.2 Å². The highest BCUT2D eigenvalue weighted by atomic mass is 35.5. The molecule has 1 atom stereocenters. The van der Waals surface area contributed by atoms with Gasteiger partial charge in [-0.05, 0) is 79.2 Å². The van der Waals surface area contributed by atoms with Crippen LogP contribution in [0.2, 0.25) is 20.1 Å². The number of carbonyl (C=O) groups excluding carboxylic acids is 1. The molecule has 0 saturated carbocycles. The van der Waals surface area contributed by atoms with Crippen molar-refractivity contribution >= 4 is 86.1 Å². The summed E-state index contributed by atoms with van der Waals surface area (Å²) in [5.74, 6) is 1.38. The molecule has 0 bridgehead atoms. The van der Waals surface area contributed by atoms with E-state index in [0.29, 0.717) is 43.3 Å². The number of carbonyl (C=O) groups is 1. The highest BCUT2D eigenvalue weighted by Gasteiger charge is 2.30. The number of aldehydes is 1. The first-order chi connectivity index (χ1) is 28.6. The molecule has 16 heteroatoms. The lowest BCUT2D eigenvalue weighted by atomic mass is 9.95. The summed E-state index contributed by atoms with van der Waals surface area (Å²) >= 11 is 23.6. The van der Waals surface area contributed by atoms with Gasteiger partial charge in [0.2, 0.25) is 0 Å². The molecule has 0 fully saturated rings. The van der Waals surface area contributed by atoms with Gasteiger partial charge in [0.1, 0.15) is 34.2 Å². The first-order valence-corrected chi connectivity index (χ1v) is 19.1. The number of fused-ring (bicyclic) bond motifs is 2. The molecule has 4 aromatic carbocycles. The van der Waals surface area contributed by atoms with Crippen molar-refractivity contribution in [3.63, 3.8) is 0 Å². The lowest BCUT2D eigenvalue weighted by molar-refractivity contribution is -0.137. The zero-order valence-electron chi connectivity index (χ0n) is 31.2. The van der Waals surface area contributed by atoms with Crippen LogP contribution in [0, 0.1) is 6.92 Å². The normalized spacial score (nSPS) is 11.2. The molecule has 5 N–H and O–H groups in total. The number of halogens is 7. The molecule has 4 aromatic heterocycles. The molecule has 0 aliphatic carbocycles. The SMILES string of the molecule is Cc1ccc(Cl)c(C(Nc2cc(Cl)ccn2)c2ccc3cccnc3c2O)c1.Nc1cc(Cl)ccn1.O=Cc1cc(C(F)(F)F)ccc1Cl.Oc1cccc2cccnc12. The van der Waals surface area contributed by atoms with Crippen molar-refractivity contribution in [2.24, 2.45) is 0 Å². The zero-order valence-corrected chi connectivity index (χ0v) is 34.3. The molecule has 0 radical (unpaired) electrons. The topological polar surface area (TPSA) is 147 Å². The smallest absolute Gasteiger partial charge is 0.416 e. The van der Waals surface area contributed by atoms with E-state index in [1.807, 2.05) is 67.6 Å². The molecule has 8 aromatic rings. The maximum atomic E-state index is 12.1. The summed E-state index contributed by atoms with van der Waals surface area (Å²) in [4.78, 5) is 26.7. The van der Waals surface area contributed by atoms with Gasteiger partial charge in [0.25, 0.3) is 0 Å². The van der Waals surface area contributed by atoms with Crippen LogP contribution in [0.15, 0.2) is 140 Å². The Hall–Kier alpha value is -6.18. The Balaban J connectivity index is 0.000000175. The van der Waals surface area contributed by atoms with E-state index in [1.165, 1.54) is 0 Å². The molecule has 9 nitrogen and oxygen atoms in total. The van der Waals surface area contributed by atoms with Crippen LogP contribution in [-0.4, -0.2) is 36.4 Å². The number of alkyl halides is 3. The number of nitrogen functional groups attached to an aromatic ring is 1. The molecule has 4 heterocycles. The van der Waals surface area contributed by atoms with E-state index in [2.05, 4.69) is 25.3 Å². The quantitative estimate of drug-likeness (QED) is 0.124. The van der Waals surface area contributed by atoms with Gasteiger partial charge in [-0.25, -0.2) is 9.97 Å². The molecule has 0 saturated heterocycles. The number of anilines is 2. The Morgan fingerprint density at radius 2 is 1.30 bits per heavy atom. The predicted octanol–water partition coefficient (Wildman–Crippen LogP) is 12.6. The van der Waals surface area contributed by atoms with Crippen molar-refractivity contribution in [3.05, 3.63) is 188 Å². The zero-order chi connectivity index (χ0) is 43.4. The van der Waals surface area contributed by atoms with Crippen LogP contribution in [0.1, 0.15) is 38.7 Å². The number of aryl methyl sites for hydroxylation is 1. The summed E-state index contributed by atoms with van der Waals surface area (Å²) in [7, 11) is 0. The third kappa shape index (κ3) is 12.2. The number of hydrogen-bond donors (Lipinski definition) is 4. The summed E-state index contributed by atoms with van der Waals surface area (Å²) in [6.07, 6.45) is 2.37. The van der Waals surface area contributed by atoms with Crippen LogP contribution in [0.3, 0.4) is 0 Å². The molecule has 1 unspecified atom stereocenters. The minimum absolute atomic E-state index is 0.0167. The Labute approximate surface area is 362 Å². The maximum Gasteiger partial charge on any atom is 0.416 e. The summed E-state index contributed by atoms with van der Waals surface area (Å²) in [6.45, 7) is 2.00. The van der Waals surface area contributed by atoms with E-state index in [0.717, 1.165) is 40.1 Å². The van der Waals surface area contributed by atoms with Crippen molar-refractivity contribution in [2.45, 2.75) is 19.1 Å². The van der Waals surface area contributed by atoms with E-state index in [-0.39, 0.29) is 28.4 Å². The molecule has 306 valence electrons. The van der Waals surface area contributed by atoms with Gasteiger partial charge < -0.3 is 21.3 Å². The number of phenolic OH excluding ortho intramolecular Hbond substituents is 2. The standard InChI is InChI=1S/C22H17Cl2N3O.C9H7NO.C8H4ClF3O.C5H5ClN2/c1-13-4-7-18(24)17(11-13)21(27-19-12-15(23)8-10-25-19)16-6-5-14-3-2-9-26-20(14)22(16)28;11-8-5-1-3-7-4-2-6-10-9(7)8;9-7-2-1-6(8(10,11)12)3-5(7)4-13;6-4-1-2-8-5(7)3-4/h2-12,21,28H,1H3,(H,25,27);1-6,11H;1-4H;1-3H,(H2,7,8). The highest BCUT2D eigenvalue weighted by Crippen LogP contribution is 2.39. The molecular weight excluding hydrogens is 859 g/mol. The first kappa shape index (κ1) is 44.9. The minimum atomic E-state index is -4.44. The van der Waals surface area contributed by atoms with Gasteiger partial charge in [0.05, 0.1) is 16.6 Å². The van der Waals surface area contributed by atoms with Gasteiger partial charge in [0, 0.05) is 61.8 Å². The summed E-state index contributed by atoms with van der Waals surface area (Å²) in [5, 5.41) is 27.3. The number of aromatic hydroxyl groups is 2. The van der Waals surface area contributed by atoms with Crippen LogP contribution in [0.4, 0.5) is 24.8 Å². The van der Waals surface area contributed by atoms with Crippen molar-refractivity contribution in [3.8, 4) is 11.5 Å². The number of phenols is 2. The molecule has 0 aliphatic heterocycles. The summed E-state index contributed by atoms with van der Waals surface area (Å²) < 4.78 is 36.2. The number of pyridine rings is 4. The van der Waals surface area contributed by atoms with E-state index < -0.39 is 17.8 Å². The average Bonchev–Trinajstić information content (AvgIpc) is 3.22. The Kier molecular flexibility index (Phi) is 15.5. The van der Waals surface area contributed by atoms with Crippen molar-refractivity contribution in [2.75, 3.05) is 11.1 Å². The molecule has 8 rings (SSSR count). The monoisotopic (exact) mass is 890 g/mol. The van der Waals surface area contributed by atoms with Crippen LogP contribution < -0.4 is 11.1 Å². The lowest BCUT2D eigenvalue weighted by Gasteiger charge is -2.23. The third-order valence-electron chi connectivity index (χ3n) is 8.37. The second-order valence-electron chi connectivity index (χ2n) is 12.6. The van der Waals surface area contributed by atoms with Crippen LogP contribution in [0.25, 0.3) is 21.8 Å². The van der Waals surface area contributed by atoms with Crippen LogP contribution in [-0.2, 0) is 6.18 Å². The highest BCUT2D eigenvalue weighted by molar-refractivity contribution is 6.33. The number of aromatic nitrogens is 4. The molecule has 0 aliphatic rings. The Morgan fingerprint density at radius 3 is 1.92 bits per heavy atom. The number of para-hydroxylation sites is 1. The van der Waals surface area contributed by atoms with E-state index in [4.69, 9.17) is 52.1 Å². The molecular formula is C44H33Cl4F3N6O3. The van der Waals surface area contributed by atoms with E-state index in [1.54, 1.807) is 61.2 Å². The number of nitrogens with two attached hydrogens (primary N) is 1. The van der Waals surface area contributed by atoms with Crippen LogP contribution >= 0.6 is 46.4 Å². The van der Waals surface area contributed by atoms with Gasteiger partial charge >= 0.3 is 6.18 Å². The first-order valence-electron chi connectivity index (χ1n) is 17.6. The van der Waals surface area contributed by atoms with Crippen molar-refractivity contribution in [1.82, 2.24) is 19.9 Å².